The number of aromatic nitrogens is 2. The number of para-hydroxylation sites is 3. The highest BCUT2D eigenvalue weighted by Crippen LogP contribution is 2.46. The molecule has 2 aromatic heterocycles. The monoisotopic (exact) mass is 710 g/mol. The van der Waals surface area contributed by atoms with E-state index >= 15 is 0 Å². The summed E-state index contributed by atoms with van der Waals surface area (Å²) in [6, 6.07) is 75.7. The number of benzene rings is 10. The average molecular weight is 711 g/mol. The molecule has 0 saturated heterocycles. The van der Waals surface area contributed by atoms with Gasteiger partial charge in [0.1, 0.15) is 0 Å². The molecular weight excluding hydrogens is 677 g/mol. The zero-order valence-electron chi connectivity index (χ0n) is 30.5. The normalized spacial score (nSPS) is 11.9. The summed E-state index contributed by atoms with van der Waals surface area (Å²) in [5.74, 6) is 0. The van der Waals surface area contributed by atoms with Crippen molar-refractivity contribution in [2.24, 2.45) is 0 Å². The molecule has 12 aromatic rings. The number of nitrogens with zero attached hydrogens (tertiary/aromatic N) is 2. The second kappa shape index (κ2) is 12.0. The van der Waals surface area contributed by atoms with Crippen LogP contribution in [0.1, 0.15) is 0 Å². The first-order chi connectivity index (χ1) is 27.8. The largest absolute Gasteiger partial charge is 0.309 e. The Morgan fingerprint density at radius 2 is 0.679 bits per heavy atom. The Morgan fingerprint density at radius 3 is 1.25 bits per heavy atom. The maximum Gasteiger partial charge on any atom is 0.0548 e. The molecule has 0 atom stereocenters. The number of hydrogen-bond acceptors (Lipinski definition) is 0. The lowest BCUT2D eigenvalue weighted by Gasteiger charge is -2.19. The maximum absolute atomic E-state index is 2.45. The van der Waals surface area contributed by atoms with Crippen LogP contribution in [0.4, 0.5) is 0 Å². The molecular formula is C54H34N2. The third-order valence-corrected chi connectivity index (χ3v) is 11.9. The second-order valence-corrected chi connectivity index (χ2v) is 14.8. The molecule has 0 spiro atoms. The predicted molar refractivity (Wildman–Crippen MR) is 239 cm³/mol. The lowest BCUT2D eigenvalue weighted by molar-refractivity contribution is 1.17. The number of fused-ring (bicyclic) bond motifs is 9. The van der Waals surface area contributed by atoms with Crippen LogP contribution in [-0.4, -0.2) is 9.13 Å². The minimum Gasteiger partial charge on any atom is -0.309 e. The van der Waals surface area contributed by atoms with E-state index < -0.39 is 0 Å². The van der Waals surface area contributed by atoms with Crippen LogP contribution in [0.15, 0.2) is 206 Å². The van der Waals surface area contributed by atoms with Gasteiger partial charge in [-0.05, 0) is 103 Å². The van der Waals surface area contributed by atoms with Crippen molar-refractivity contribution in [2.45, 2.75) is 0 Å². The quantitative estimate of drug-likeness (QED) is 0.161. The molecule has 12 rings (SSSR count). The summed E-state index contributed by atoms with van der Waals surface area (Å²) in [5, 5.41) is 12.6. The van der Waals surface area contributed by atoms with Gasteiger partial charge < -0.3 is 9.13 Å². The van der Waals surface area contributed by atoms with Gasteiger partial charge in [-0.1, -0.05) is 158 Å². The fourth-order valence-electron chi connectivity index (χ4n) is 9.51. The van der Waals surface area contributed by atoms with Gasteiger partial charge in [-0.15, -0.1) is 0 Å². The standard InChI is InChI=1S/C54H34N2/c1-2-17-37(18-3-1)55-49-27-12-10-20-40(49)47-34-52-48(33-51(47)55)41-21-11-13-28-50(41)56(52)38-31-29-36(30-32-38)53-43-22-6-8-24-45(43)54(46-25-9-7-23-44(46)53)42-26-14-16-35-15-4-5-19-39(35)42/h1-34H. The summed E-state index contributed by atoms with van der Waals surface area (Å²) < 4.78 is 4.85. The van der Waals surface area contributed by atoms with Gasteiger partial charge in [0.05, 0.1) is 22.1 Å². The maximum atomic E-state index is 2.45. The Morgan fingerprint density at radius 1 is 0.250 bits per heavy atom. The zero-order valence-corrected chi connectivity index (χ0v) is 30.5. The molecule has 0 fully saturated rings. The Labute approximate surface area is 323 Å². The minimum absolute atomic E-state index is 1.15. The molecule has 260 valence electrons. The van der Waals surface area contributed by atoms with Gasteiger partial charge in [0, 0.05) is 32.9 Å². The summed E-state index contributed by atoms with van der Waals surface area (Å²) >= 11 is 0. The van der Waals surface area contributed by atoms with Gasteiger partial charge in [-0.3, -0.25) is 0 Å². The summed E-state index contributed by atoms with van der Waals surface area (Å²) in [4.78, 5) is 0. The summed E-state index contributed by atoms with van der Waals surface area (Å²) in [6.07, 6.45) is 0. The Kier molecular flexibility index (Phi) is 6.66. The van der Waals surface area contributed by atoms with E-state index in [9.17, 15) is 0 Å². The molecule has 2 heteroatoms. The molecule has 0 radical (unpaired) electrons. The van der Waals surface area contributed by atoms with Crippen LogP contribution in [-0.2, 0) is 0 Å². The van der Waals surface area contributed by atoms with Gasteiger partial charge in [0.25, 0.3) is 0 Å². The molecule has 2 heterocycles. The van der Waals surface area contributed by atoms with E-state index in [0.29, 0.717) is 0 Å². The summed E-state index contributed by atoms with van der Waals surface area (Å²) in [7, 11) is 0. The van der Waals surface area contributed by atoms with E-state index in [2.05, 4.69) is 215 Å². The molecule has 0 aliphatic rings. The molecule has 0 N–H and O–H groups in total. The van der Waals surface area contributed by atoms with Gasteiger partial charge in [-0.2, -0.15) is 0 Å². The smallest absolute Gasteiger partial charge is 0.0548 e. The SMILES string of the molecule is c1ccc(-n2c3ccccc3c3cc4c(cc32)c2ccccc2n4-c2ccc(-c3c4ccccc4c(-c4cccc5ccccc45)c4ccccc34)cc2)cc1. The van der Waals surface area contributed by atoms with E-state index in [1.807, 2.05) is 0 Å². The zero-order chi connectivity index (χ0) is 36.7. The van der Waals surface area contributed by atoms with Crippen LogP contribution in [0.3, 0.4) is 0 Å². The van der Waals surface area contributed by atoms with Crippen LogP contribution in [0.5, 0.6) is 0 Å². The Bertz CT molecular complexity index is 3450. The van der Waals surface area contributed by atoms with E-state index in [-0.39, 0.29) is 0 Å². The molecule has 0 bridgehead atoms. The van der Waals surface area contributed by atoms with E-state index in [1.54, 1.807) is 0 Å². The minimum atomic E-state index is 1.15. The number of rotatable bonds is 4. The lowest BCUT2D eigenvalue weighted by atomic mass is 9.85. The van der Waals surface area contributed by atoms with Crippen LogP contribution < -0.4 is 0 Å². The summed E-state index contributed by atoms with van der Waals surface area (Å²) in [6.45, 7) is 0. The van der Waals surface area contributed by atoms with Crippen molar-refractivity contribution in [2.75, 3.05) is 0 Å². The van der Waals surface area contributed by atoms with E-state index in [0.717, 1.165) is 5.69 Å². The second-order valence-electron chi connectivity index (χ2n) is 14.8. The topological polar surface area (TPSA) is 9.86 Å². The van der Waals surface area contributed by atoms with Gasteiger partial charge in [-0.25, -0.2) is 0 Å². The highest BCUT2D eigenvalue weighted by atomic mass is 15.0. The fourth-order valence-corrected chi connectivity index (χ4v) is 9.51. The predicted octanol–water partition coefficient (Wildman–Crippen LogP) is 14.7. The van der Waals surface area contributed by atoms with Crippen LogP contribution in [0.2, 0.25) is 0 Å². The highest BCUT2D eigenvalue weighted by Gasteiger charge is 2.20. The van der Waals surface area contributed by atoms with Gasteiger partial charge in [0.2, 0.25) is 0 Å². The fraction of sp³-hybridized carbons (Fsp3) is 0. The van der Waals surface area contributed by atoms with Crippen molar-refractivity contribution in [1.29, 1.82) is 0 Å². The van der Waals surface area contributed by atoms with Crippen LogP contribution in [0.25, 0.3) is 110 Å². The van der Waals surface area contributed by atoms with Crippen molar-refractivity contribution in [1.82, 2.24) is 9.13 Å². The van der Waals surface area contributed by atoms with Crippen molar-refractivity contribution < 1.29 is 0 Å². The Balaban J connectivity index is 1.08. The first-order valence-corrected chi connectivity index (χ1v) is 19.4. The van der Waals surface area contributed by atoms with Gasteiger partial charge in [0.15, 0.2) is 0 Å². The molecule has 2 nitrogen and oxygen atoms in total. The van der Waals surface area contributed by atoms with E-state index in [1.165, 1.54) is 104 Å². The molecule has 0 aliphatic heterocycles. The molecule has 0 saturated carbocycles. The van der Waals surface area contributed by atoms with Crippen molar-refractivity contribution >= 4 is 75.9 Å². The highest BCUT2D eigenvalue weighted by molar-refractivity contribution is 6.24. The molecule has 56 heavy (non-hydrogen) atoms. The van der Waals surface area contributed by atoms with Crippen LogP contribution >= 0.6 is 0 Å². The third kappa shape index (κ3) is 4.44. The lowest BCUT2D eigenvalue weighted by Crippen LogP contribution is -1.95. The molecule has 0 amide bonds. The van der Waals surface area contributed by atoms with Crippen LogP contribution in [0, 0.1) is 0 Å². The first-order valence-electron chi connectivity index (χ1n) is 19.4. The van der Waals surface area contributed by atoms with Crippen molar-refractivity contribution in [3.05, 3.63) is 206 Å². The summed E-state index contributed by atoms with van der Waals surface area (Å²) in [5.41, 5.74) is 12.2. The Hall–Kier alpha value is -7.42. The molecule has 10 aromatic carbocycles. The molecule has 0 aliphatic carbocycles. The number of hydrogen-bond donors (Lipinski definition) is 0. The average Bonchev–Trinajstić information content (AvgIpc) is 3.77. The van der Waals surface area contributed by atoms with E-state index in [4.69, 9.17) is 0 Å². The van der Waals surface area contributed by atoms with Crippen molar-refractivity contribution in [3.8, 4) is 33.6 Å². The third-order valence-electron chi connectivity index (χ3n) is 11.9. The molecule has 0 unspecified atom stereocenters. The first kappa shape index (κ1) is 31.0. The van der Waals surface area contributed by atoms with Crippen molar-refractivity contribution in [3.63, 3.8) is 0 Å². The van der Waals surface area contributed by atoms with Gasteiger partial charge >= 0.3 is 0 Å².